The van der Waals surface area contributed by atoms with E-state index in [1.165, 1.54) is 38.9 Å². The zero-order chi connectivity index (χ0) is 16.3. The Morgan fingerprint density at radius 3 is 2.62 bits per heavy atom. The topological polar surface area (TPSA) is 57.5 Å². The molecule has 0 aromatic carbocycles. The summed E-state index contributed by atoms with van der Waals surface area (Å²) < 4.78 is 1.96. The van der Waals surface area contributed by atoms with Gasteiger partial charge in [-0.1, -0.05) is 6.92 Å². The van der Waals surface area contributed by atoms with Crippen LogP contribution >= 0.6 is 24.0 Å². The molecule has 2 N–H and O–H groups in total. The van der Waals surface area contributed by atoms with Crippen LogP contribution in [0.3, 0.4) is 0 Å². The average molecular weight is 448 g/mol. The first kappa shape index (κ1) is 21.2. The molecule has 1 aliphatic rings. The van der Waals surface area contributed by atoms with Gasteiger partial charge in [-0.05, 0) is 57.3 Å². The Kier molecular flexibility index (Phi) is 11.1. The number of hydrogen-bond acceptors (Lipinski definition) is 3. The molecule has 1 fully saturated rings. The number of aliphatic imine (C=N–C) groups is 1. The van der Waals surface area contributed by atoms with Crippen molar-refractivity contribution in [3.05, 3.63) is 18.5 Å². The number of aryl methyl sites for hydroxylation is 1. The van der Waals surface area contributed by atoms with Crippen molar-refractivity contribution in [2.45, 2.75) is 39.2 Å². The van der Waals surface area contributed by atoms with Gasteiger partial charge in [-0.3, -0.25) is 9.67 Å². The first-order chi connectivity index (χ1) is 11.3. The van der Waals surface area contributed by atoms with Crippen LogP contribution in [0.5, 0.6) is 0 Å². The number of guanidine groups is 1. The number of rotatable bonds is 8. The minimum absolute atomic E-state index is 0. The quantitative estimate of drug-likeness (QED) is 0.277. The highest BCUT2D eigenvalue weighted by molar-refractivity contribution is 14.0. The molecule has 1 saturated heterocycles. The van der Waals surface area contributed by atoms with Crippen molar-refractivity contribution < 1.29 is 0 Å². The molecule has 2 rings (SSSR count). The Morgan fingerprint density at radius 1 is 1.25 bits per heavy atom. The average Bonchev–Trinajstić information content (AvgIpc) is 3.11. The van der Waals surface area contributed by atoms with E-state index in [4.69, 9.17) is 0 Å². The van der Waals surface area contributed by atoms with Crippen molar-refractivity contribution in [1.82, 2.24) is 25.3 Å². The first-order valence-electron chi connectivity index (χ1n) is 8.96. The van der Waals surface area contributed by atoms with Crippen LogP contribution in [0.4, 0.5) is 0 Å². The van der Waals surface area contributed by atoms with Gasteiger partial charge in [0.1, 0.15) is 0 Å². The fourth-order valence-corrected chi connectivity index (χ4v) is 3.09. The lowest BCUT2D eigenvalue weighted by Gasteiger charge is -2.31. The summed E-state index contributed by atoms with van der Waals surface area (Å²) in [5, 5.41) is 11.0. The van der Waals surface area contributed by atoms with E-state index in [9.17, 15) is 0 Å². The molecule has 0 aliphatic carbocycles. The van der Waals surface area contributed by atoms with Crippen molar-refractivity contribution in [3.8, 4) is 0 Å². The number of piperidine rings is 1. The number of nitrogens with one attached hydrogen (secondary N) is 2. The fourth-order valence-electron chi connectivity index (χ4n) is 3.09. The van der Waals surface area contributed by atoms with Crippen LogP contribution < -0.4 is 10.6 Å². The summed E-state index contributed by atoms with van der Waals surface area (Å²) in [5.41, 5.74) is 0. The van der Waals surface area contributed by atoms with E-state index in [2.05, 4.69) is 32.5 Å². The Labute approximate surface area is 163 Å². The summed E-state index contributed by atoms with van der Waals surface area (Å²) in [6.07, 6.45) is 8.77. The van der Waals surface area contributed by atoms with E-state index >= 15 is 0 Å². The summed E-state index contributed by atoms with van der Waals surface area (Å²) >= 11 is 0. The maximum Gasteiger partial charge on any atom is 0.190 e. The fraction of sp³-hybridized carbons (Fsp3) is 0.765. The van der Waals surface area contributed by atoms with Gasteiger partial charge >= 0.3 is 0 Å². The molecule has 6 nitrogen and oxygen atoms in total. The molecule has 0 spiro atoms. The molecule has 0 atom stereocenters. The summed E-state index contributed by atoms with van der Waals surface area (Å²) in [6, 6.07) is 1.96. The number of nitrogens with zero attached hydrogens (tertiary/aromatic N) is 4. The minimum Gasteiger partial charge on any atom is -0.356 e. The lowest BCUT2D eigenvalue weighted by molar-refractivity contribution is 0.187. The smallest absolute Gasteiger partial charge is 0.190 e. The minimum atomic E-state index is 0. The Bertz CT molecular complexity index is 440. The highest BCUT2D eigenvalue weighted by atomic mass is 127. The molecule has 0 bridgehead atoms. The zero-order valence-electron chi connectivity index (χ0n) is 15.1. The zero-order valence-corrected chi connectivity index (χ0v) is 17.4. The van der Waals surface area contributed by atoms with Crippen molar-refractivity contribution in [1.29, 1.82) is 0 Å². The van der Waals surface area contributed by atoms with E-state index in [1.54, 1.807) is 0 Å². The van der Waals surface area contributed by atoms with Crippen LogP contribution in [-0.4, -0.2) is 60.4 Å². The predicted molar refractivity (Wildman–Crippen MR) is 111 cm³/mol. The molecule has 1 aromatic rings. The number of halogens is 1. The van der Waals surface area contributed by atoms with Gasteiger partial charge in [-0.25, -0.2) is 0 Å². The molecule has 0 unspecified atom stereocenters. The van der Waals surface area contributed by atoms with Gasteiger partial charge < -0.3 is 15.5 Å². The molecule has 24 heavy (non-hydrogen) atoms. The summed E-state index contributed by atoms with van der Waals surface area (Å²) in [7, 11) is 1.84. The summed E-state index contributed by atoms with van der Waals surface area (Å²) in [5.74, 6) is 1.78. The van der Waals surface area contributed by atoms with Gasteiger partial charge in [0, 0.05) is 39.1 Å². The van der Waals surface area contributed by atoms with Gasteiger partial charge in [0.2, 0.25) is 0 Å². The molecule has 138 valence electrons. The number of likely N-dealkylation sites (tertiary alicyclic amines) is 1. The number of hydrogen-bond donors (Lipinski definition) is 2. The van der Waals surface area contributed by atoms with Crippen molar-refractivity contribution in [2.24, 2.45) is 10.9 Å². The van der Waals surface area contributed by atoms with Crippen molar-refractivity contribution >= 4 is 29.9 Å². The van der Waals surface area contributed by atoms with Gasteiger partial charge in [-0.2, -0.15) is 5.10 Å². The molecule has 7 heteroatoms. The van der Waals surface area contributed by atoms with Crippen LogP contribution in [0.25, 0.3) is 0 Å². The van der Waals surface area contributed by atoms with E-state index in [-0.39, 0.29) is 24.0 Å². The SMILES string of the molecule is CCN1CCC(CCNC(=NC)NCCCn2cccn2)CC1.I. The largest absolute Gasteiger partial charge is 0.356 e. The van der Waals surface area contributed by atoms with Crippen LogP contribution in [0.2, 0.25) is 0 Å². The lowest BCUT2D eigenvalue weighted by Crippen LogP contribution is -2.40. The molecule has 0 radical (unpaired) electrons. The Balaban J connectivity index is 0.00000288. The van der Waals surface area contributed by atoms with Crippen LogP contribution in [-0.2, 0) is 6.54 Å². The Morgan fingerprint density at radius 2 is 2.00 bits per heavy atom. The first-order valence-corrected chi connectivity index (χ1v) is 8.96. The third-order valence-corrected chi connectivity index (χ3v) is 4.64. The molecule has 0 saturated carbocycles. The van der Waals surface area contributed by atoms with Crippen molar-refractivity contribution in [3.63, 3.8) is 0 Å². The molecular weight excluding hydrogens is 415 g/mol. The van der Waals surface area contributed by atoms with E-state index in [1.807, 2.05) is 30.2 Å². The standard InChI is InChI=1S/C17H32N6.HI/c1-3-22-14-7-16(8-15-22)6-11-20-17(18-2)19-9-4-12-23-13-5-10-21-23;/h5,10,13,16H,3-4,6-9,11-12,14-15H2,1-2H3,(H2,18,19,20);1H. The second-order valence-electron chi connectivity index (χ2n) is 6.21. The highest BCUT2D eigenvalue weighted by Gasteiger charge is 2.17. The monoisotopic (exact) mass is 448 g/mol. The van der Waals surface area contributed by atoms with Gasteiger partial charge in [-0.15, -0.1) is 24.0 Å². The van der Waals surface area contributed by atoms with Crippen LogP contribution in [0, 0.1) is 5.92 Å². The molecule has 2 heterocycles. The second kappa shape index (κ2) is 12.5. The molecule has 1 aliphatic heterocycles. The van der Waals surface area contributed by atoms with Crippen molar-refractivity contribution in [2.75, 3.05) is 39.8 Å². The number of aromatic nitrogens is 2. The third kappa shape index (κ3) is 7.83. The van der Waals surface area contributed by atoms with E-state index in [0.29, 0.717) is 0 Å². The highest BCUT2D eigenvalue weighted by Crippen LogP contribution is 2.19. The van der Waals surface area contributed by atoms with E-state index in [0.717, 1.165) is 37.9 Å². The van der Waals surface area contributed by atoms with Gasteiger partial charge in [0.25, 0.3) is 0 Å². The summed E-state index contributed by atoms with van der Waals surface area (Å²) in [6.45, 7) is 8.84. The molecule has 1 aromatic heterocycles. The van der Waals surface area contributed by atoms with Crippen LogP contribution in [0.1, 0.15) is 32.6 Å². The Hall–Kier alpha value is -0.830. The third-order valence-electron chi connectivity index (χ3n) is 4.64. The molecular formula is C17H33IN6. The molecule has 0 amide bonds. The maximum atomic E-state index is 4.29. The van der Waals surface area contributed by atoms with E-state index < -0.39 is 0 Å². The predicted octanol–water partition coefficient (Wildman–Crippen LogP) is 2.18. The van der Waals surface area contributed by atoms with Gasteiger partial charge in [0.05, 0.1) is 0 Å². The summed E-state index contributed by atoms with van der Waals surface area (Å²) in [4.78, 5) is 6.84. The normalized spacial score (nSPS) is 16.7. The van der Waals surface area contributed by atoms with Crippen LogP contribution in [0.15, 0.2) is 23.5 Å². The lowest BCUT2D eigenvalue weighted by atomic mass is 9.93. The second-order valence-corrected chi connectivity index (χ2v) is 6.21. The van der Waals surface area contributed by atoms with Gasteiger partial charge in [0.15, 0.2) is 5.96 Å². The maximum absolute atomic E-state index is 4.29.